The number of phenolic OH excluding ortho intramolecular Hbond substituents is 1. The van der Waals surface area contributed by atoms with Crippen LogP contribution in [0.1, 0.15) is 16.7 Å². The van der Waals surface area contributed by atoms with E-state index in [-0.39, 0.29) is 23.0 Å². The highest BCUT2D eigenvalue weighted by molar-refractivity contribution is 5.76. The molecule has 1 heterocycles. The Bertz CT molecular complexity index is 992. The molecule has 5 N–H and O–H groups in total. The molecule has 0 unspecified atom stereocenters. The van der Waals surface area contributed by atoms with E-state index >= 15 is 0 Å². The zero-order valence-electron chi connectivity index (χ0n) is 13.7. The van der Waals surface area contributed by atoms with Crippen LogP contribution < -0.4 is 11.5 Å². The van der Waals surface area contributed by atoms with Gasteiger partial charge < -0.3 is 16.6 Å². The van der Waals surface area contributed by atoms with Crippen LogP contribution in [0.25, 0.3) is 22.6 Å². The molecule has 0 aliphatic carbocycles. The van der Waals surface area contributed by atoms with Crippen LogP contribution in [-0.2, 0) is 6.54 Å². The number of phenols is 1. The fourth-order valence-corrected chi connectivity index (χ4v) is 2.59. The van der Waals surface area contributed by atoms with Crippen molar-refractivity contribution in [3.05, 3.63) is 59.2 Å². The molecule has 0 atom stereocenters. The lowest BCUT2D eigenvalue weighted by Gasteiger charge is -2.11. The van der Waals surface area contributed by atoms with Crippen molar-refractivity contribution in [2.45, 2.75) is 13.5 Å². The number of aromatic hydroxyl groups is 1. The average molecular weight is 331 g/mol. The summed E-state index contributed by atoms with van der Waals surface area (Å²) in [6.07, 6.45) is 0. The van der Waals surface area contributed by atoms with Crippen molar-refractivity contribution >= 4 is 5.82 Å². The van der Waals surface area contributed by atoms with Crippen LogP contribution in [0.15, 0.2) is 42.5 Å². The minimum absolute atomic E-state index is 0.0522. The molecule has 2 aromatic carbocycles. The summed E-state index contributed by atoms with van der Waals surface area (Å²) < 4.78 is 0. The lowest BCUT2D eigenvalue weighted by atomic mass is 10.0. The largest absolute Gasteiger partial charge is 0.507 e. The van der Waals surface area contributed by atoms with E-state index in [1.54, 1.807) is 18.2 Å². The third-order valence-electron chi connectivity index (χ3n) is 3.88. The number of nitrogen functional groups attached to an aromatic ring is 1. The molecule has 0 radical (unpaired) electrons. The van der Waals surface area contributed by atoms with E-state index in [0.29, 0.717) is 17.8 Å². The first-order valence-corrected chi connectivity index (χ1v) is 7.70. The zero-order chi connectivity index (χ0) is 18.0. The molecule has 0 saturated carbocycles. The van der Waals surface area contributed by atoms with Gasteiger partial charge in [0, 0.05) is 12.1 Å². The summed E-state index contributed by atoms with van der Waals surface area (Å²) in [4.78, 5) is 8.71. The van der Waals surface area contributed by atoms with Gasteiger partial charge in [-0.05, 0) is 30.7 Å². The van der Waals surface area contributed by atoms with E-state index in [1.807, 2.05) is 31.2 Å². The molecular formula is C19H17N5O. The van der Waals surface area contributed by atoms with Gasteiger partial charge in [-0.15, -0.1) is 0 Å². The lowest BCUT2D eigenvalue weighted by molar-refractivity contribution is 0.477. The molecule has 0 amide bonds. The summed E-state index contributed by atoms with van der Waals surface area (Å²) in [5, 5.41) is 19.6. The fourth-order valence-electron chi connectivity index (χ4n) is 2.59. The maximum absolute atomic E-state index is 10.1. The van der Waals surface area contributed by atoms with Crippen LogP contribution in [0.3, 0.4) is 0 Å². The SMILES string of the molecule is Cc1ccc(O)c(-c2nc(N)c(C#N)c(-c3cccc(CN)c3)n2)c1. The number of benzene rings is 2. The normalized spacial score (nSPS) is 10.4. The molecule has 0 saturated heterocycles. The van der Waals surface area contributed by atoms with E-state index in [1.165, 1.54) is 0 Å². The number of nitrogens with zero attached hydrogens (tertiary/aromatic N) is 3. The van der Waals surface area contributed by atoms with Crippen LogP contribution in [0.5, 0.6) is 5.75 Å². The summed E-state index contributed by atoms with van der Waals surface area (Å²) in [7, 11) is 0. The number of anilines is 1. The van der Waals surface area contributed by atoms with Gasteiger partial charge in [0.25, 0.3) is 0 Å². The molecule has 6 heteroatoms. The van der Waals surface area contributed by atoms with Gasteiger partial charge in [0.05, 0.1) is 11.3 Å². The number of hydrogen-bond donors (Lipinski definition) is 3. The number of nitriles is 1. The van der Waals surface area contributed by atoms with Gasteiger partial charge in [-0.3, -0.25) is 0 Å². The van der Waals surface area contributed by atoms with Crippen molar-refractivity contribution in [3.63, 3.8) is 0 Å². The van der Waals surface area contributed by atoms with Gasteiger partial charge in [-0.25, -0.2) is 9.97 Å². The van der Waals surface area contributed by atoms with Gasteiger partial charge in [-0.1, -0.05) is 29.8 Å². The summed E-state index contributed by atoms with van der Waals surface area (Å²) in [6.45, 7) is 2.28. The molecule has 25 heavy (non-hydrogen) atoms. The van der Waals surface area contributed by atoms with Crippen molar-refractivity contribution in [2.75, 3.05) is 5.73 Å². The summed E-state index contributed by atoms with van der Waals surface area (Å²) in [5.74, 6) is 0.392. The molecule has 0 aliphatic heterocycles. The van der Waals surface area contributed by atoms with E-state index in [4.69, 9.17) is 11.5 Å². The Labute approximate surface area is 145 Å². The molecule has 3 rings (SSSR count). The van der Waals surface area contributed by atoms with Crippen molar-refractivity contribution in [3.8, 4) is 34.5 Å². The van der Waals surface area contributed by atoms with Crippen molar-refractivity contribution < 1.29 is 5.11 Å². The fraction of sp³-hybridized carbons (Fsp3) is 0.105. The Morgan fingerprint density at radius 3 is 2.68 bits per heavy atom. The molecule has 3 aromatic rings. The standard InChI is InChI=1S/C19H17N5O/c1-11-5-6-16(25)14(7-11)19-23-17(15(10-21)18(22)24-19)13-4-2-3-12(8-13)9-20/h2-8,25H,9,20H2,1H3,(H2,22,23,24). The maximum atomic E-state index is 10.1. The quantitative estimate of drug-likeness (QED) is 0.678. The first kappa shape index (κ1) is 16.4. The third-order valence-corrected chi connectivity index (χ3v) is 3.88. The number of nitrogens with two attached hydrogens (primary N) is 2. The molecule has 1 aromatic heterocycles. The van der Waals surface area contributed by atoms with Crippen LogP contribution in [0.2, 0.25) is 0 Å². The molecule has 0 fully saturated rings. The molecule has 0 spiro atoms. The van der Waals surface area contributed by atoms with Crippen LogP contribution >= 0.6 is 0 Å². The smallest absolute Gasteiger partial charge is 0.165 e. The Hall–Kier alpha value is -3.43. The molecule has 0 aliphatic rings. The Kier molecular flexibility index (Phi) is 4.33. The second-order valence-electron chi connectivity index (χ2n) is 5.69. The van der Waals surface area contributed by atoms with Gasteiger partial charge in [0.2, 0.25) is 0 Å². The van der Waals surface area contributed by atoms with Crippen LogP contribution in [-0.4, -0.2) is 15.1 Å². The van der Waals surface area contributed by atoms with Crippen LogP contribution in [0, 0.1) is 18.3 Å². The van der Waals surface area contributed by atoms with Gasteiger partial charge in [0.15, 0.2) is 5.82 Å². The third kappa shape index (κ3) is 3.13. The Morgan fingerprint density at radius 1 is 1.16 bits per heavy atom. The van der Waals surface area contributed by atoms with E-state index in [0.717, 1.165) is 16.7 Å². The first-order valence-electron chi connectivity index (χ1n) is 7.70. The lowest BCUT2D eigenvalue weighted by Crippen LogP contribution is -2.04. The number of hydrogen-bond acceptors (Lipinski definition) is 6. The molecule has 0 bridgehead atoms. The van der Waals surface area contributed by atoms with E-state index in [2.05, 4.69) is 16.0 Å². The monoisotopic (exact) mass is 331 g/mol. The Morgan fingerprint density at radius 2 is 1.96 bits per heavy atom. The Balaban J connectivity index is 2.26. The molecule has 124 valence electrons. The van der Waals surface area contributed by atoms with Crippen LogP contribution in [0.4, 0.5) is 5.82 Å². The summed E-state index contributed by atoms with van der Waals surface area (Å²) in [5.41, 5.74) is 15.4. The van der Waals surface area contributed by atoms with E-state index < -0.39 is 0 Å². The molecule has 6 nitrogen and oxygen atoms in total. The topological polar surface area (TPSA) is 122 Å². The number of rotatable bonds is 3. The van der Waals surface area contributed by atoms with E-state index in [9.17, 15) is 10.4 Å². The summed E-state index contributed by atoms with van der Waals surface area (Å²) >= 11 is 0. The second-order valence-corrected chi connectivity index (χ2v) is 5.69. The second kappa shape index (κ2) is 6.59. The average Bonchev–Trinajstić information content (AvgIpc) is 2.63. The molecular weight excluding hydrogens is 314 g/mol. The van der Waals surface area contributed by atoms with Gasteiger partial charge >= 0.3 is 0 Å². The highest BCUT2D eigenvalue weighted by Gasteiger charge is 2.17. The highest BCUT2D eigenvalue weighted by atomic mass is 16.3. The predicted octanol–water partition coefficient (Wildman–Crippen LogP) is 2.74. The minimum Gasteiger partial charge on any atom is -0.507 e. The van der Waals surface area contributed by atoms with Crippen molar-refractivity contribution in [2.24, 2.45) is 5.73 Å². The number of aromatic nitrogens is 2. The maximum Gasteiger partial charge on any atom is 0.165 e. The summed E-state index contributed by atoms with van der Waals surface area (Å²) in [6, 6.07) is 14.6. The highest BCUT2D eigenvalue weighted by Crippen LogP contribution is 2.32. The van der Waals surface area contributed by atoms with Crippen molar-refractivity contribution in [1.29, 1.82) is 5.26 Å². The van der Waals surface area contributed by atoms with Gasteiger partial charge in [0.1, 0.15) is 23.2 Å². The number of aryl methyl sites for hydroxylation is 1. The zero-order valence-corrected chi connectivity index (χ0v) is 13.7. The van der Waals surface area contributed by atoms with Gasteiger partial charge in [-0.2, -0.15) is 5.26 Å². The first-order chi connectivity index (χ1) is 12.0. The minimum atomic E-state index is 0.0522. The van der Waals surface area contributed by atoms with Crippen molar-refractivity contribution in [1.82, 2.24) is 9.97 Å². The predicted molar refractivity (Wildman–Crippen MR) is 96.3 cm³/mol.